The van der Waals surface area contributed by atoms with Crippen LogP contribution < -0.4 is 11.1 Å². The van der Waals surface area contributed by atoms with Crippen molar-refractivity contribution in [3.8, 4) is 0 Å². The zero-order valence-electron chi connectivity index (χ0n) is 15.1. The molecule has 3 N–H and O–H groups in total. The lowest BCUT2D eigenvalue weighted by molar-refractivity contribution is -0.138. The van der Waals surface area contributed by atoms with E-state index in [-0.39, 0.29) is 36.3 Å². The van der Waals surface area contributed by atoms with Crippen molar-refractivity contribution in [2.75, 3.05) is 39.3 Å². The molecule has 0 aliphatic carbocycles. The number of piperazine rings is 1. The van der Waals surface area contributed by atoms with E-state index in [4.69, 9.17) is 17.3 Å². The molecule has 11 heteroatoms. The Morgan fingerprint density at radius 1 is 1.29 bits per heavy atom. The van der Waals surface area contributed by atoms with E-state index in [1.165, 1.54) is 4.90 Å². The minimum Gasteiger partial charge on any atom is -0.355 e. The van der Waals surface area contributed by atoms with E-state index in [0.29, 0.717) is 24.5 Å². The lowest BCUT2D eigenvalue weighted by Gasteiger charge is -2.32. The average Bonchev–Trinajstić information content (AvgIpc) is 3.07. The average molecular weight is 445 g/mol. The third-order valence-electron chi connectivity index (χ3n) is 4.37. The van der Waals surface area contributed by atoms with Gasteiger partial charge in [0, 0.05) is 29.4 Å². The molecule has 1 aliphatic rings. The first kappa shape index (κ1) is 21.0. The fraction of sp³-hybridized carbons (Fsp3) is 0.412. The number of fused-ring (bicyclic) bond motifs is 1. The maximum atomic E-state index is 12.9. The molecule has 8 nitrogen and oxygen atoms in total. The number of nitrogens with zero attached hydrogens (tertiary/aromatic N) is 2. The molecule has 152 valence electrons. The van der Waals surface area contributed by atoms with Crippen LogP contribution in [0.1, 0.15) is 6.42 Å². The number of benzene rings is 1. The fourth-order valence-corrected chi connectivity index (χ4v) is 6.06. The maximum Gasteiger partial charge on any atom is 0.253 e. The maximum absolute atomic E-state index is 12.9. The first-order chi connectivity index (χ1) is 13.3. The molecule has 2 heterocycles. The van der Waals surface area contributed by atoms with Gasteiger partial charge in [-0.1, -0.05) is 17.7 Å². The van der Waals surface area contributed by atoms with Gasteiger partial charge in [-0.3, -0.25) is 9.59 Å². The van der Waals surface area contributed by atoms with Gasteiger partial charge in [-0.25, -0.2) is 8.42 Å². The second-order valence-electron chi connectivity index (χ2n) is 6.39. The van der Waals surface area contributed by atoms with Crippen molar-refractivity contribution in [1.29, 1.82) is 0 Å². The van der Waals surface area contributed by atoms with Crippen LogP contribution in [0.4, 0.5) is 0 Å². The van der Waals surface area contributed by atoms with Gasteiger partial charge in [0.15, 0.2) is 0 Å². The summed E-state index contributed by atoms with van der Waals surface area (Å²) in [4.78, 5) is 25.6. The van der Waals surface area contributed by atoms with Gasteiger partial charge in [-0.05, 0) is 36.6 Å². The van der Waals surface area contributed by atoms with Crippen LogP contribution in [-0.4, -0.2) is 68.7 Å². The van der Waals surface area contributed by atoms with Crippen LogP contribution in [-0.2, 0) is 19.6 Å². The van der Waals surface area contributed by atoms with Gasteiger partial charge in [0.25, 0.3) is 10.0 Å². The van der Waals surface area contributed by atoms with Gasteiger partial charge >= 0.3 is 0 Å². The summed E-state index contributed by atoms with van der Waals surface area (Å²) in [6.45, 7) is 0.859. The summed E-state index contributed by atoms with van der Waals surface area (Å²) in [5.41, 5.74) is 5.37. The summed E-state index contributed by atoms with van der Waals surface area (Å²) in [5, 5.41) is 4.00. The number of rotatable bonds is 7. The first-order valence-electron chi connectivity index (χ1n) is 8.75. The number of halogens is 1. The quantitative estimate of drug-likeness (QED) is 0.615. The topological polar surface area (TPSA) is 113 Å². The van der Waals surface area contributed by atoms with Gasteiger partial charge in [-0.2, -0.15) is 4.31 Å². The number of carbonyl (C=O) groups is 2. The van der Waals surface area contributed by atoms with Gasteiger partial charge < -0.3 is 16.0 Å². The number of hydrogen-bond donors (Lipinski definition) is 2. The summed E-state index contributed by atoms with van der Waals surface area (Å²) >= 11 is 7.09. The lowest BCUT2D eigenvalue weighted by atomic mass is 10.3. The highest BCUT2D eigenvalue weighted by molar-refractivity contribution is 7.91. The van der Waals surface area contributed by atoms with E-state index in [1.807, 2.05) is 0 Å². The van der Waals surface area contributed by atoms with Crippen LogP contribution >= 0.6 is 22.9 Å². The summed E-state index contributed by atoms with van der Waals surface area (Å²) in [6, 6.07) is 6.77. The van der Waals surface area contributed by atoms with Crippen molar-refractivity contribution in [2.24, 2.45) is 5.73 Å². The van der Waals surface area contributed by atoms with Crippen LogP contribution in [0.5, 0.6) is 0 Å². The molecular weight excluding hydrogens is 424 g/mol. The number of sulfonamides is 1. The molecule has 2 amide bonds. The second kappa shape index (κ2) is 8.75. The normalized spacial score (nSPS) is 15.9. The number of hydrogen-bond acceptors (Lipinski definition) is 6. The smallest absolute Gasteiger partial charge is 0.253 e. The molecule has 1 aromatic carbocycles. The highest BCUT2D eigenvalue weighted by Gasteiger charge is 2.34. The third kappa shape index (κ3) is 4.64. The molecule has 1 saturated heterocycles. The highest BCUT2D eigenvalue weighted by atomic mass is 35.5. The van der Waals surface area contributed by atoms with Crippen LogP contribution in [0.15, 0.2) is 28.5 Å². The molecule has 0 bridgehead atoms. The highest BCUT2D eigenvalue weighted by Crippen LogP contribution is 2.33. The Balaban J connectivity index is 1.66. The Morgan fingerprint density at radius 3 is 2.79 bits per heavy atom. The Hall–Kier alpha value is -1.72. The minimum absolute atomic E-state index is 0.0846. The molecule has 0 atom stereocenters. The van der Waals surface area contributed by atoms with Crippen molar-refractivity contribution in [3.05, 3.63) is 29.3 Å². The summed E-state index contributed by atoms with van der Waals surface area (Å²) in [7, 11) is -3.79. The van der Waals surface area contributed by atoms with Crippen LogP contribution in [0.3, 0.4) is 0 Å². The predicted molar refractivity (Wildman–Crippen MR) is 109 cm³/mol. The standard InChI is InChI=1S/C17H21ClN4O4S2/c18-13-3-2-12-8-17(27-14(12)9-13)28(25,26)22-7-6-21(16(24)11-22)10-15(23)20-5-1-4-19/h2-3,8-9H,1,4-7,10-11,19H2,(H,20,23). The van der Waals surface area contributed by atoms with E-state index < -0.39 is 15.9 Å². The van der Waals surface area contributed by atoms with Crippen molar-refractivity contribution in [1.82, 2.24) is 14.5 Å². The van der Waals surface area contributed by atoms with Crippen LogP contribution in [0, 0.1) is 0 Å². The lowest BCUT2D eigenvalue weighted by Crippen LogP contribution is -2.54. The first-order valence-corrected chi connectivity index (χ1v) is 11.4. The van der Waals surface area contributed by atoms with Crippen molar-refractivity contribution >= 4 is 54.9 Å². The largest absolute Gasteiger partial charge is 0.355 e. The number of nitrogens with one attached hydrogen (secondary N) is 1. The molecule has 0 spiro atoms. The molecule has 0 unspecified atom stereocenters. The minimum atomic E-state index is -3.79. The van der Waals surface area contributed by atoms with E-state index in [2.05, 4.69) is 5.32 Å². The molecule has 28 heavy (non-hydrogen) atoms. The Kier molecular flexibility index (Phi) is 6.56. The predicted octanol–water partition coefficient (Wildman–Crippen LogP) is 0.853. The Labute approximate surface area is 172 Å². The summed E-state index contributed by atoms with van der Waals surface area (Å²) in [5.74, 6) is -0.674. The monoisotopic (exact) mass is 444 g/mol. The molecule has 2 aromatic rings. The van der Waals surface area contributed by atoms with E-state index in [0.717, 1.165) is 25.7 Å². The van der Waals surface area contributed by atoms with Crippen molar-refractivity contribution < 1.29 is 18.0 Å². The number of nitrogens with two attached hydrogens (primary N) is 1. The van der Waals surface area contributed by atoms with Gasteiger partial charge in [0.2, 0.25) is 11.8 Å². The fourth-order valence-electron chi connectivity index (χ4n) is 2.85. The zero-order chi connectivity index (χ0) is 20.3. The van der Waals surface area contributed by atoms with E-state index in [1.54, 1.807) is 24.3 Å². The molecule has 1 aliphatic heterocycles. The second-order valence-corrected chi connectivity index (χ2v) is 10.1. The summed E-state index contributed by atoms with van der Waals surface area (Å²) in [6.07, 6.45) is 0.659. The van der Waals surface area contributed by atoms with Crippen LogP contribution in [0.2, 0.25) is 5.02 Å². The molecule has 0 radical (unpaired) electrons. The Bertz CT molecular complexity index is 992. The molecule has 1 aromatic heterocycles. The van der Waals surface area contributed by atoms with Crippen LogP contribution in [0.25, 0.3) is 10.1 Å². The van der Waals surface area contributed by atoms with Gasteiger partial charge in [0.05, 0.1) is 13.1 Å². The number of thiophene rings is 1. The SMILES string of the molecule is NCCCNC(=O)CN1CCN(S(=O)(=O)c2cc3ccc(Cl)cc3s2)CC1=O. The third-order valence-corrected chi connectivity index (χ3v) is 8.00. The summed E-state index contributed by atoms with van der Waals surface area (Å²) < 4.78 is 28.0. The van der Waals surface area contributed by atoms with E-state index >= 15 is 0 Å². The van der Waals surface area contributed by atoms with Crippen molar-refractivity contribution in [2.45, 2.75) is 10.6 Å². The number of amides is 2. The van der Waals surface area contributed by atoms with Crippen molar-refractivity contribution in [3.63, 3.8) is 0 Å². The molecule has 3 rings (SSSR count). The van der Waals surface area contributed by atoms with Gasteiger partial charge in [-0.15, -0.1) is 11.3 Å². The molecule has 1 fully saturated rings. The van der Waals surface area contributed by atoms with E-state index in [9.17, 15) is 18.0 Å². The molecular formula is C17H21ClN4O4S2. The Morgan fingerprint density at radius 2 is 2.07 bits per heavy atom. The van der Waals surface area contributed by atoms with Gasteiger partial charge in [0.1, 0.15) is 4.21 Å². The number of carbonyl (C=O) groups excluding carboxylic acids is 2. The zero-order valence-corrected chi connectivity index (χ0v) is 17.4. The molecule has 0 saturated carbocycles.